The summed E-state index contributed by atoms with van der Waals surface area (Å²) in [6, 6.07) is -0.990. The van der Waals surface area contributed by atoms with Gasteiger partial charge in [0.25, 0.3) is 0 Å². The number of nitrogens with zero attached hydrogens (tertiary/aromatic N) is 1. The largest absolute Gasteiger partial charge is 0.480 e. The first kappa shape index (κ1) is 16.1. The molecule has 0 radical (unpaired) electrons. The predicted octanol–water partition coefficient (Wildman–Crippen LogP) is 2.85. The van der Waals surface area contributed by atoms with Gasteiger partial charge in [0, 0.05) is 13.1 Å². The van der Waals surface area contributed by atoms with Gasteiger partial charge in [0.2, 0.25) is 0 Å². The molecule has 2 fully saturated rings. The summed E-state index contributed by atoms with van der Waals surface area (Å²) in [5.74, 6) is -0.698. The number of nitrogens with one attached hydrogen (secondary N) is 1. The Hall–Kier alpha value is -1.26. The third-order valence-electron chi connectivity index (χ3n) is 5.08. The zero-order valence-electron chi connectivity index (χ0n) is 13.2. The lowest BCUT2D eigenvalue weighted by atomic mass is 9.77. The molecule has 1 aliphatic heterocycles. The molecule has 5 heteroatoms. The van der Waals surface area contributed by atoms with E-state index in [1.54, 1.807) is 4.90 Å². The minimum Gasteiger partial charge on any atom is -0.480 e. The number of rotatable bonds is 4. The highest BCUT2D eigenvalue weighted by Crippen LogP contribution is 2.46. The Kier molecular flexibility index (Phi) is 5.12. The number of likely N-dealkylation sites (tertiary alicyclic amines) is 1. The highest BCUT2D eigenvalue weighted by atomic mass is 16.4. The number of urea groups is 1. The van der Waals surface area contributed by atoms with Gasteiger partial charge >= 0.3 is 12.0 Å². The molecule has 2 aliphatic rings. The van der Waals surface area contributed by atoms with Crippen LogP contribution in [0.1, 0.15) is 58.8 Å². The first-order valence-electron chi connectivity index (χ1n) is 8.20. The Morgan fingerprint density at radius 1 is 1.14 bits per heavy atom. The molecule has 1 aliphatic carbocycles. The molecule has 1 saturated heterocycles. The molecule has 0 bridgehead atoms. The maximum Gasteiger partial charge on any atom is 0.326 e. The molecule has 1 saturated carbocycles. The average molecular weight is 296 g/mol. The zero-order valence-corrected chi connectivity index (χ0v) is 13.2. The molecule has 5 nitrogen and oxygen atoms in total. The molecule has 1 atom stereocenters. The summed E-state index contributed by atoms with van der Waals surface area (Å²) in [6.45, 7) is 5.46. The van der Waals surface area contributed by atoms with Gasteiger partial charge in [-0.05, 0) is 43.4 Å². The highest BCUT2D eigenvalue weighted by molar-refractivity contribution is 5.82. The molecule has 1 spiro atoms. The smallest absolute Gasteiger partial charge is 0.326 e. The summed E-state index contributed by atoms with van der Waals surface area (Å²) < 4.78 is 0. The zero-order chi connectivity index (χ0) is 15.5. The number of amides is 2. The van der Waals surface area contributed by atoms with Gasteiger partial charge in [-0.2, -0.15) is 0 Å². The number of hydrogen-bond donors (Lipinski definition) is 2. The van der Waals surface area contributed by atoms with Gasteiger partial charge < -0.3 is 15.3 Å². The van der Waals surface area contributed by atoms with Crippen LogP contribution in [-0.4, -0.2) is 41.1 Å². The van der Waals surface area contributed by atoms with E-state index in [9.17, 15) is 14.7 Å². The van der Waals surface area contributed by atoms with Gasteiger partial charge in [-0.1, -0.05) is 26.7 Å². The number of carboxylic acids is 1. The van der Waals surface area contributed by atoms with E-state index in [-0.39, 0.29) is 11.9 Å². The molecule has 120 valence electrons. The van der Waals surface area contributed by atoms with Crippen LogP contribution in [0.25, 0.3) is 0 Å². The summed E-state index contributed by atoms with van der Waals surface area (Å²) in [5, 5.41) is 11.9. The van der Waals surface area contributed by atoms with Crippen molar-refractivity contribution in [3.8, 4) is 0 Å². The average Bonchev–Trinajstić information content (AvgIpc) is 2.86. The highest BCUT2D eigenvalue weighted by Gasteiger charge is 2.38. The van der Waals surface area contributed by atoms with Gasteiger partial charge in [-0.25, -0.2) is 9.59 Å². The van der Waals surface area contributed by atoms with Crippen LogP contribution in [0.5, 0.6) is 0 Å². The van der Waals surface area contributed by atoms with Crippen molar-refractivity contribution in [2.45, 2.75) is 64.8 Å². The van der Waals surface area contributed by atoms with E-state index < -0.39 is 12.0 Å². The Labute approximate surface area is 127 Å². The van der Waals surface area contributed by atoms with E-state index in [1.165, 1.54) is 25.7 Å². The second-order valence-electron chi connectivity index (χ2n) is 7.16. The van der Waals surface area contributed by atoms with E-state index in [0.717, 1.165) is 25.9 Å². The van der Waals surface area contributed by atoms with Crippen LogP contribution < -0.4 is 5.32 Å². The monoisotopic (exact) mass is 296 g/mol. The number of piperidine rings is 1. The van der Waals surface area contributed by atoms with Crippen molar-refractivity contribution in [1.82, 2.24) is 10.2 Å². The summed E-state index contributed by atoms with van der Waals surface area (Å²) in [7, 11) is 0. The molecule has 0 aromatic carbocycles. The molecule has 0 unspecified atom stereocenters. The molecule has 2 amide bonds. The van der Waals surface area contributed by atoms with Gasteiger partial charge in [-0.3, -0.25) is 0 Å². The quantitative estimate of drug-likeness (QED) is 0.838. The molecule has 0 aromatic rings. The van der Waals surface area contributed by atoms with E-state index in [4.69, 9.17) is 0 Å². The molecular formula is C16H28N2O3. The van der Waals surface area contributed by atoms with Gasteiger partial charge in [0.1, 0.15) is 6.04 Å². The fraction of sp³-hybridized carbons (Fsp3) is 0.875. The van der Waals surface area contributed by atoms with E-state index >= 15 is 0 Å². The number of hydrogen-bond acceptors (Lipinski definition) is 2. The van der Waals surface area contributed by atoms with Crippen LogP contribution in [0.4, 0.5) is 4.79 Å². The van der Waals surface area contributed by atoms with Crippen LogP contribution in [0.2, 0.25) is 0 Å². The lowest BCUT2D eigenvalue weighted by Crippen LogP contribution is -2.51. The van der Waals surface area contributed by atoms with Crippen LogP contribution in [0.15, 0.2) is 0 Å². The van der Waals surface area contributed by atoms with Crippen LogP contribution >= 0.6 is 0 Å². The fourth-order valence-corrected chi connectivity index (χ4v) is 3.74. The van der Waals surface area contributed by atoms with Crippen molar-refractivity contribution in [3.05, 3.63) is 0 Å². The third-order valence-corrected chi connectivity index (χ3v) is 5.08. The summed E-state index contributed by atoms with van der Waals surface area (Å²) >= 11 is 0. The number of carboxylic acid groups (broad SMARTS) is 1. The van der Waals surface area contributed by atoms with Gasteiger partial charge in [-0.15, -0.1) is 0 Å². The molecule has 2 N–H and O–H groups in total. The number of carbonyl (C=O) groups is 2. The van der Waals surface area contributed by atoms with Crippen molar-refractivity contribution < 1.29 is 14.7 Å². The maximum absolute atomic E-state index is 12.2. The van der Waals surface area contributed by atoms with Crippen molar-refractivity contribution in [2.75, 3.05) is 13.1 Å². The van der Waals surface area contributed by atoms with Crippen LogP contribution in [0, 0.1) is 11.3 Å². The normalized spacial score (nSPS) is 22.5. The lowest BCUT2D eigenvalue weighted by Gasteiger charge is -2.39. The second kappa shape index (κ2) is 6.67. The van der Waals surface area contributed by atoms with Crippen molar-refractivity contribution in [2.24, 2.45) is 11.3 Å². The van der Waals surface area contributed by atoms with Gasteiger partial charge in [0.15, 0.2) is 0 Å². The molecular weight excluding hydrogens is 268 g/mol. The Bertz CT molecular complexity index is 379. The van der Waals surface area contributed by atoms with Crippen molar-refractivity contribution >= 4 is 12.0 Å². The number of carbonyl (C=O) groups excluding carboxylic acids is 1. The standard InChI is InChI=1S/C16H28N2O3/c1-12(2)11-13(14(19)20)17-15(21)18-9-7-16(8-10-18)5-3-4-6-16/h12-13H,3-11H2,1-2H3,(H,17,21)(H,19,20)/t13-/m1/s1. The second-order valence-corrected chi connectivity index (χ2v) is 7.16. The fourth-order valence-electron chi connectivity index (χ4n) is 3.74. The minimum atomic E-state index is -0.943. The predicted molar refractivity (Wildman–Crippen MR) is 81.1 cm³/mol. The van der Waals surface area contributed by atoms with Crippen LogP contribution in [-0.2, 0) is 4.79 Å². The maximum atomic E-state index is 12.2. The van der Waals surface area contributed by atoms with E-state index in [0.29, 0.717) is 11.8 Å². The van der Waals surface area contributed by atoms with Gasteiger partial charge in [0.05, 0.1) is 0 Å². The van der Waals surface area contributed by atoms with Crippen molar-refractivity contribution in [3.63, 3.8) is 0 Å². The Balaban J connectivity index is 1.84. The van der Waals surface area contributed by atoms with Crippen molar-refractivity contribution in [1.29, 1.82) is 0 Å². The van der Waals surface area contributed by atoms with E-state index in [1.807, 2.05) is 13.8 Å². The van der Waals surface area contributed by atoms with E-state index in [2.05, 4.69) is 5.32 Å². The summed E-state index contributed by atoms with van der Waals surface area (Å²) in [5.41, 5.74) is 0.473. The number of aliphatic carboxylic acids is 1. The molecule has 21 heavy (non-hydrogen) atoms. The minimum absolute atomic E-state index is 0.212. The first-order chi connectivity index (χ1) is 9.92. The van der Waals surface area contributed by atoms with Crippen LogP contribution in [0.3, 0.4) is 0 Å². The first-order valence-corrected chi connectivity index (χ1v) is 8.20. The molecule has 1 heterocycles. The lowest BCUT2D eigenvalue weighted by molar-refractivity contribution is -0.139. The Morgan fingerprint density at radius 2 is 1.71 bits per heavy atom. The Morgan fingerprint density at radius 3 is 2.19 bits per heavy atom. The molecule has 0 aromatic heterocycles. The third kappa shape index (κ3) is 4.11. The summed E-state index contributed by atoms with van der Waals surface area (Å²) in [6.07, 6.45) is 7.86. The SMILES string of the molecule is CC(C)C[C@@H](NC(=O)N1CCC2(CCCC2)CC1)C(=O)O. The summed E-state index contributed by atoms with van der Waals surface area (Å²) in [4.78, 5) is 25.3. The topological polar surface area (TPSA) is 69.6 Å². The molecule has 2 rings (SSSR count).